The summed E-state index contributed by atoms with van der Waals surface area (Å²) < 4.78 is 10.2. The maximum atomic E-state index is 12.2. The Balaban J connectivity index is 2.06. The third kappa shape index (κ3) is 5.89. The van der Waals surface area contributed by atoms with Crippen molar-refractivity contribution in [3.63, 3.8) is 0 Å². The SMILES string of the molecule is CC(C)OC(=O)[C@H](O)[C@@H](NC(=O)OCc1ccccc1)c1ccccc1. The molecule has 0 unspecified atom stereocenters. The van der Waals surface area contributed by atoms with Crippen molar-refractivity contribution in [1.29, 1.82) is 0 Å². The zero-order valence-electron chi connectivity index (χ0n) is 14.8. The van der Waals surface area contributed by atoms with Crippen LogP contribution in [-0.4, -0.2) is 29.4 Å². The van der Waals surface area contributed by atoms with Crippen molar-refractivity contribution in [2.24, 2.45) is 0 Å². The van der Waals surface area contributed by atoms with Crippen molar-refractivity contribution >= 4 is 12.1 Å². The zero-order chi connectivity index (χ0) is 18.9. The predicted octanol–water partition coefficient (Wildman–Crippen LogP) is 2.97. The van der Waals surface area contributed by atoms with E-state index >= 15 is 0 Å². The molecular formula is C20H23NO5. The minimum Gasteiger partial charge on any atom is -0.461 e. The van der Waals surface area contributed by atoms with Gasteiger partial charge in [-0.3, -0.25) is 0 Å². The lowest BCUT2D eigenvalue weighted by Gasteiger charge is -2.24. The largest absolute Gasteiger partial charge is 0.461 e. The van der Waals surface area contributed by atoms with E-state index in [1.807, 2.05) is 30.3 Å². The highest BCUT2D eigenvalue weighted by atomic mass is 16.6. The average Bonchev–Trinajstić information content (AvgIpc) is 2.65. The number of alkyl carbamates (subject to hydrolysis) is 1. The molecule has 26 heavy (non-hydrogen) atoms. The van der Waals surface area contributed by atoms with E-state index in [0.717, 1.165) is 5.56 Å². The zero-order valence-corrected chi connectivity index (χ0v) is 14.8. The number of hydrogen-bond acceptors (Lipinski definition) is 5. The van der Waals surface area contributed by atoms with Gasteiger partial charge in [-0.05, 0) is 25.0 Å². The molecule has 2 atom stereocenters. The van der Waals surface area contributed by atoms with Crippen molar-refractivity contribution in [1.82, 2.24) is 5.32 Å². The van der Waals surface area contributed by atoms with Crippen LogP contribution in [0.3, 0.4) is 0 Å². The highest BCUT2D eigenvalue weighted by molar-refractivity contribution is 5.77. The van der Waals surface area contributed by atoms with Crippen LogP contribution in [0, 0.1) is 0 Å². The molecule has 0 aliphatic carbocycles. The molecule has 0 spiro atoms. The van der Waals surface area contributed by atoms with Gasteiger partial charge in [0.05, 0.1) is 12.1 Å². The monoisotopic (exact) mass is 357 g/mol. The van der Waals surface area contributed by atoms with E-state index in [2.05, 4.69) is 5.32 Å². The summed E-state index contributed by atoms with van der Waals surface area (Å²) in [6, 6.07) is 16.9. The van der Waals surface area contributed by atoms with Crippen LogP contribution in [0.25, 0.3) is 0 Å². The first-order valence-corrected chi connectivity index (χ1v) is 8.38. The molecule has 1 amide bonds. The molecule has 138 valence electrons. The molecule has 0 saturated carbocycles. The number of rotatable bonds is 7. The number of nitrogens with one attached hydrogen (secondary N) is 1. The molecule has 6 nitrogen and oxygen atoms in total. The summed E-state index contributed by atoms with van der Waals surface area (Å²) in [6.45, 7) is 3.45. The van der Waals surface area contributed by atoms with Crippen molar-refractivity contribution in [2.75, 3.05) is 0 Å². The molecule has 0 heterocycles. The van der Waals surface area contributed by atoms with Crippen LogP contribution in [0.1, 0.15) is 31.0 Å². The van der Waals surface area contributed by atoms with Crippen LogP contribution in [0.4, 0.5) is 4.79 Å². The average molecular weight is 357 g/mol. The Kier molecular flexibility index (Phi) is 7.17. The van der Waals surface area contributed by atoms with Gasteiger partial charge in [0, 0.05) is 0 Å². The van der Waals surface area contributed by atoms with Gasteiger partial charge in [0.1, 0.15) is 6.61 Å². The predicted molar refractivity (Wildman–Crippen MR) is 96.2 cm³/mol. The van der Waals surface area contributed by atoms with Crippen molar-refractivity contribution in [3.05, 3.63) is 71.8 Å². The summed E-state index contributed by atoms with van der Waals surface area (Å²) in [4.78, 5) is 24.2. The van der Waals surface area contributed by atoms with Gasteiger partial charge in [0.15, 0.2) is 6.10 Å². The second kappa shape index (κ2) is 9.58. The maximum Gasteiger partial charge on any atom is 0.408 e. The lowest BCUT2D eigenvalue weighted by Crippen LogP contribution is -2.41. The summed E-state index contributed by atoms with van der Waals surface area (Å²) in [5.74, 6) is -0.808. The molecule has 2 aromatic rings. The van der Waals surface area contributed by atoms with Crippen molar-refractivity contribution in [3.8, 4) is 0 Å². The van der Waals surface area contributed by atoms with E-state index in [1.54, 1.807) is 44.2 Å². The van der Waals surface area contributed by atoms with E-state index < -0.39 is 24.2 Å². The number of ether oxygens (including phenoxy) is 2. The molecule has 0 aliphatic heterocycles. The van der Waals surface area contributed by atoms with Crippen LogP contribution < -0.4 is 5.32 Å². The number of amides is 1. The lowest BCUT2D eigenvalue weighted by molar-refractivity contribution is -0.159. The number of carbonyl (C=O) groups is 2. The van der Waals surface area contributed by atoms with Crippen LogP contribution in [0.5, 0.6) is 0 Å². The summed E-state index contributed by atoms with van der Waals surface area (Å²) in [5, 5.41) is 12.9. The molecule has 6 heteroatoms. The van der Waals surface area contributed by atoms with Crippen LogP contribution in [-0.2, 0) is 20.9 Å². The summed E-state index contributed by atoms with van der Waals surface area (Å²) in [6.07, 6.45) is -2.67. The topological polar surface area (TPSA) is 84.9 Å². The van der Waals surface area contributed by atoms with Gasteiger partial charge in [-0.25, -0.2) is 9.59 Å². The first-order chi connectivity index (χ1) is 12.5. The molecular weight excluding hydrogens is 334 g/mol. The van der Waals surface area contributed by atoms with E-state index in [-0.39, 0.29) is 12.7 Å². The van der Waals surface area contributed by atoms with Gasteiger partial charge in [-0.1, -0.05) is 60.7 Å². The Morgan fingerprint density at radius 3 is 2.15 bits per heavy atom. The molecule has 0 fully saturated rings. The van der Waals surface area contributed by atoms with Crippen LogP contribution in [0.15, 0.2) is 60.7 Å². The third-order valence-corrected chi connectivity index (χ3v) is 3.55. The van der Waals surface area contributed by atoms with E-state index in [4.69, 9.17) is 9.47 Å². The van der Waals surface area contributed by atoms with Gasteiger partial charge in [-0.15, -0.1) is 0 Å². The van der Waals surface area contributed by atoms with Crippen LogP contribution in [0.2, 0.25) is 0 Å². The Morgan fingerprint density at radius 2 is 1.58 bits per heavy atom. The first-order valence-electron chi connectivity index (χ1n) is 8.38. The number of aliphatic hydroxyl groups is 1. The molecule has 2 rings (SSSR count). The second-order valence-electron chi connectivity index (χ2n) is 6.02. The standard InChI is InChI=1S/C20H23NO5/c1-14(2)26-19(23)18(22)17(16-11-7-4-8-12-16)21-20(24)25-13-15-9-5-3-6-10-15/h3-12,14,17-18,22H,13H2,1-2H3,(H,21,24)/t17-,18+/m0/s1. The maximum absolute atomic E-state index is 12.2. The summed E-state index contributed by atoms with van der Waals surface area (Å²) >= 11 is 0. The number of hydrogen-bond donors (Lipinski definition) is 2. The fourth-order valence-corrected chi connectivity index (χ4v) is 2.33. The molecule has 2 N–H and O–H groups in total. The quantitative estimate of drug-likeness (QED) is 0.744. The van der Waals surface area contributed by atoms with Crippen molar-refractivity contribution in [2.45, 2.75) is 38.7 Å². The lowest BCUT2D eigenvalue weighted by atomic mass is 10.0. The Morgan fingerprint density at radius 1 is 1.00 bits per heavy atom. The molecule has 0 bridgehead atoms. The van der Waals surface area contributed by atoms with Gasteiger partial charge < -0.3 is 19.9 Å². The highest BCUT2D eigenvalue weighted by Gasteiger charge is 2.31. The number of aliphatic hydroxyl groups excluding tert-OH is 1. The van der Waals surface area contributed by atoms with Gasteiger partial charge in [0.2, 0.25) is 0 Å². The van der Waals surface area contributed by atoms with Gasteiger partial charge in [0.25, 0.3) is 0 Å². The third-order valence-electron chi connectivity index (χ3n) is 3.55. The Bertz CT molecular complexity index is 703. The molecule has 0 radical (unpaired) electrons. The van der Waals surface area contributed by atoms with E-state index in [0.29, 0.717) is 5.56 Å². The molecule has 0 aliphatic rings. The highest BCUT2D eigenvalue weighted by Crippen LogP contribution is 2.19. The molecule has 2 aromatic carbocycles. The second-order valence-corrected chi connectivity index (χ2v) is 6.02. The van der Waals surface area contributed by atoms with E-state index in [9.17, 15) is 14.7 Å². The fourth-order valence-electron chi connectivity index (χ4n) is 2.33. The molecule has 0 aromatic heterocycles. The normalized spacial score (nSPS) is 12.9. The van der Waals surface area contributed by atoms with Gasteiger partial charge in [-0.2, -0.15) is 0 Å². The Hall–Kier alpha value is -2.86. The first kappa shape index (κ1) is 19.5. The number of esters is 1. The summed E-state index contributed by atoms with van der Waals surface area (Å²) in [5.41, 5.74) is 1.40. The summed E-state index contributed by atoms with van der Waals surface area (Å²) in [7, 11) is 0. The minimum absolute atomic E-state index is 0.0840. The van der Waals surface area contributed by atoms with Crippen LogP contribution >= 0.6 is 0 Å². The van der Waals surface area contributed by atoms with Crippen molar-refractivity contribution < 1.29 is 24.2 Å². The Labute approximate surface area is 152 Å². The van der Waals surface area contributed by atoms with Gasteiger partial charge >= 0.3 is 12.1 Å². The molecule has 0 saturated heterocycles. The smallest absolute Gasteiger partial charge is 0.408 e. The number of carbonyl (C=O) groups excluding carboxylic acids is 2. The number of benzene rings is 2. The minimum atomic E-state index is -1.55. The fraction of sp³-hybridized carbons (Fsp3) is 0.300. The van der Waals surface area contributed by atoms with E-state index in [1.165, 1.54) is 0 Å².